The fourth-order valence-corrected chi connectivity index (χ4v) is 2.98. The first-order valence-corrected chi connectivity index (χ1v) is 7.45. The molecule has 0 spiro atoms. The fraction of sp³-hybridized carbons (Fsp3) is 0.533. The van der Waals surface area contributed by atoms with Gasteiger partial charge in [-0.15, -0.1) is 0 Å². The molecule has 2 unspecified atom stereocenters. The van der Waals surface area contributed by atoms with Crippen molar-refractivity contribution < 1.29 is 4.79 Å². The molecular formula is C15H19Cl2NO. The Morgan fingerprint density at radius 1 is 1.32 bits per heavy atom. The van der Waals surface area contributed by atoms with Gasteiger partial charge in [0.2, 0.25) is 0 Å². The molecule has 1 fully saturated rings. The third kappa shape index (κ3) is 3.71. The number of piperidine rings is 1. The third-order valence-corrected chi connectivity index (χ3v) is 4.39. The van der Waals surface area contributed by atoms with Crippen molar-refractivity contribution in [1.29, 1.82) is 0 Å². The highest BCUT2D eigenvalue weighted by Crippen LogP contribution is 2.24. The number of nitrogens with zero attached hydrogens (tertiary/aromatic N) is 1. The van der Waals surface area contributed by atoms with Crippen LogP contribution in [0.3, 0.4) is 0 Å². The Labute approximate surface area is 124 Å². The Kier molecular flexibility index (Phi) is 4.88. The molecule has 0 saturated carbocycles. The number of carbonyl (C=O) groups is 1. The smallest absolute Gasteiger partial charge is 0.178 e. The summed E-state index contributed by atoms with van der Waals surface area (Å²) < 4.78 is 0. The van der Waals surface area contributed by atoms with Crippen LogP contribution in [0, 0.1) is 5.92 Å². The van der Waals surface area contributed by atoms with Crippen LogP contribution in [-0.4, -0.2) is 29.8 Å². The molecule has 0 aliphatic carbocycles. The van der Waals surface area contributed by atoms with Gasteiger partial charge in [0.25, 0.3) is 0 Å². The first-order valence-electron chi connectivity index (χ1n) is 6.69. The molecule has 0 radical (unpaired) electrons. The van der Waals surface area contributed by atoms with Crippen molar-refractivity contribution >= 4 is 29.0 Å². The van der Waals surface area contributed by atoms with Crippen molar-refractivity contribution in [2.75, 3.05) is 13.1 Å². The molecule has 2 atom stereocenters. The highest BCUT2D eigenvalue weighted by Gasteiger charge is 2.25. The van der Waals surface area contributed by atoms with Gasteiger partial charge in [0.1, 0.15) is 0 Å². The zero-order chi connectivity index (χ0) is 14.0. The van der Waals surface area contributed by atoms with Gasteiger partial charge in [0, 0.05) is 23.2 Å². The maximum absolute atomic E-state index is 12.4. The van der Waals surface area contributed by atoms with Crippen LogP contribution in [0.15, 0.2) is 18.2 Å². The molecule has 104 valence electrons. The summed E-state index contributed by atoms with van der Waals surface area (Å²) in [5, 5.41) is 1.03. The van der Waals surface area contributed by atoms with Gasteiger partial charge in [0.15, 0.2) is 5.78 Å². The van der Waals surface area contributed by atoms with E-state index in [9.17, 15) is 4.79 Å². The van der Waals surface area contributed by atoms with Crippen LogP contribution in [-0.2, 0) is 0 Å². The summed E-state index contributed by atoms with van der Waals surface area (Å²) >= 11 is 12.0. The van der Waals surface area contributed by atoms with Crippen molar-refractivity contribution in [1.82, 2.24) is 4.90 Å². The number of likely N-dealkylation sites (tertiary alicyclic amines) is 1. The predicted octanol–water partition coefficient (Wildman–Crippen LogP) is 4.30. The lowest BCUT2D eigenvalue weighted by molar-refractivity contribution is 0.0805. The summed E-state index contributed by atoms with van der Waals surface area (Å²) in [6.45, 7) is 5.81. The van der Waals surface area contributed by atoms with E-state index in [1.54, 1.807) is 18.2 Å². The molecule has 0 N–H and O–H groups in total. The molecule has 1 saturated heterocycles. The normalized spacial score (nSPS) is 24.4. The number of hydrogen-bond donors (Lipinski definition) is 0. The second-order valence-electron chi connectivity index (χ2n) is 5.51. The number of Topliss-reactive ketones (excluding diaryl/α,β-unsaturated/α-hetero) is 1. The number of hydrogen-bond acceptors (Lipinski definition) is 2. The molecule has 0 bridgehead atoms. The summed E-state index contributed by atoms with van der Waals surface area (Å²) in [5.41, 5.74) is 0.527. The molecule has 4 heteroatoms. The van der Waals surface area contributed by atoms with Crippen LogP contribution in [0.4, 0.5) is 0 Å². The van der Waals surface area contributed by atoms with Gasteiger partial charge in [-0.3, -0.25) is 9.69 Å². The van der Waals surface area contributed by atoms with Gasteiger partial charge in [-0.2, -0.15) is 0 Å². The topological polar surface area (TPSA) is 20.3 Å². The number of halogens is 2. The predicted molar refractivity (Wildman–Crippen MR) is 80.2 cm³/mol. The number of carbonyl (C=O) groups excluding carboxylic acids is 1. The van der Waals surface area contributed by atoms with Crippen molar-refractivity contribution in [3.05, 3.63) is 33.8 Å². The Balaban J connectivity index is 2.10. The summed E-state index contributed by atoms with van der Waals surface area (Å²) in [7, 11) is 0. The summed E-state index contributed by atoms with van der Waals surface area (Å²) in [6, 6.07) is 5.49. The Bertz CT molecular complexity index is 475. The average Bonchev–Trinajstić information content (AvgIpc) is 2.36. The van der Waals surface area contributed by atoms with E-state index in [0.717, 1.165) is 13.0 Å². The summed E-state index contributed by atoms with van der Waals surface area (Å²) in [6.07, 6.45) is 2.39. The summed E-state index contributed by atoms with van der Waals surface area (Å²) in [5.74, 6) is 0.701. The molecule has 1 aromatic rings. The lowest BCUT2D eigenvalue weighted by Gasteiger charge is -2.36. The second-order valence-corrected chi connectivity index (χ2v) is 6.35. The van der Waals surface area contributed by atoms with Gasteiger partial charge in [-0.25, -0.2) is 0 Å². The lowest BCUT2D eigenvalue weighted by atomic mass is 9.94. The first kappa shape index (κ1) is 14.8. The van der Waals surface area contributed by atoms with Crippen LogP contribution < -0.4 is 0 Å². The molecule has 0 amide bonds. The molecule has 1 aromatic carbocycles. The van der Waals surface area contributed by atoms with E-state index in [4.69, 9.17) is 23.2 Å². The Morgan fingerprint density at radius 3 is 2.79 bits per heavy atom. The third-order valence-electron chi connectivity index (χ3n) is 3.82. The van der Waals surface area contributed by atoms with Crippen molar-refractivity contribution in [3.63, 3.8) is 0 Å². The Hall–Kier alpha value is -0.570. The van der Waals surface area contributed by atoms with Crippen LogP contribution in [0.5, 0.6) is 0 Å². The zero-order valence-electron chi connectivity index (χ0n) is 11.3. The minimum Gasteiger partial charge on any atom is -0.293 e. The minimum atomic E-state index is 0.0495. The van der Waals surface area contributed by atoms with Gasteiger partial charge >= 0.3 is 0 Å². The molecular weight excluding hydrogens is 281 g/mol. The summed E-state index contributed by atoms with van der Waals surface area (Å²) in [4.78, 5) is 14.6. The molecule has 0 aromatic heterocycles. The van der Waals surface area contributed by atoms with Crippen molar-refractivity contribution in [2.45, 2.75) is 32.7 Å². The van der Waals surface area contributed by atoms with Crippen LogP contribution in [0.2, 0.25) is 10.0 Å². The number of benzene rings is 1. The second kappa shape index (κ2) is 6.25. The molecule has 2 nitrogen and oxygen atoms in total. The average molecular weight is 300 g/mol. The highest BCUT2D eigenvalue weighted by atomic mass is 35.5. The van der Waals surface area contributed by atoms with Gasteiger partial charge in [0.05, 0.1) is 11.6 Å². The maximum atomic E-state index is 12.4. The fourth-order valence-electron chi connectivity index (χ4n) is 2.58. The quantitative estimate of drug-likeness (QED) is 0.776. The van der Waals surface area contributed by atoms with E-state index >= 15 is 0 Å². The standard InChI is InChI=1S/C15H19Cl2NO/c1-10-3-4-11(2)18(8-10)9-15(19)13-7-12(16)5-6-14(13)17/h5-7,10-11H,3-4,8-9H2,1-2H3. The lowest BCUT2D eigenvalue weighted by Crippen LogP contribution is -2.43. The number of ketones is 1. The van der Waals surface area contributed by atoms with Gasteiger partial charge in [-0.1, -0.05) is 30.1 Å². The first-order chi connectivity index (χ1) is 8.97. The van der Waals surface area contributed by atoms with E-state index in [-0.39, 0.29) is 5.78 Å². The van der Waals surface area contributed by atoms with Crippen LogP contribution >= 0.6 is 23.2 Å². The monoisotopic (exact) mass is 299 g/mol. The Morgan fingerprint density at radius 2 is 2.05 bits per heavy atom. The SMILES string of the molecule is CC1CCC(C)N(CC(=O)c2cc(Cl)ccc2Cl)C1. The van der Waals surface area contributed by atoms with E-state index in [0.29, 0.717) is 34.1 Å². The van der Waals surface area contributed by atoms with Crippen LogP contribution in [0.1, 0.15) is 37.0 Å². The van der Waals surface area contributed by atoms with Gasteiger partial charge < -0.3 is 0 Å². The van der Waals surface area contributed by atoms with E-state index in [1.807, 2.05) is 0 Å². The highest BCUT2D eigenvalue weighted by molar-refractivity contribution is 6.36. The largest absolute Gasteiger partial charge is 0.293 e. The molecule has 1 aliphatic heterocycles. The molecule has 19 heavy (non-hydrogen) atoms. The molecule has 1 heterocycles. The van der Waals surface area contributed by atoms with E-state index < -0.39 is 0 Å². The van der Waals surface area contributed by atoms with Gasteiger partial charge in [-0.05, 0) is 43.9 Å². The zero-order valence-corrected chi connectivity index (χ0v) is 12.8. The number of rotatable bonds is 3. The van der Waals surface area contributed by atoms with Crippen molar-refractivity contribution in [3.8, 4) is 0 Å². The maximum Gasteiger partial charge on any atom is 0.178 e. The van der Waals surface area contributed by atoms with Crippen molar-refractivity contribution in [2.24, 2.45) is 5.92 Å². The van der Waals surface area contributed by atoms with E-state index in [2.05, 4.69) is 18.7 Å². The van der Waals surface area contributed by atoms with E-state index in [1.165, 1.54) is 6.42 Å². The molecule has 1 aliphatic rings. The van der Waals surface area contributed by atoms with Crippen LogP contribution in [0.25, 0.3) is 0 Å². The minimum absolute atomic E-state index is 0.0495. The molecule has 2 rings (SSSR count).